The molecule has 2 nitrogen and oxygen atoms in total. The van der Waals surface area contributed by atoms with Crippen LogP contribution in [0.2, 0.25) is 0 Å². The van der Waals surface area contributed by atoms with Crippen LogP contribution in [0.1, 0.15) is 6.92 Å². The first-order valence-corrected chi connectivity index (χ1v) is 5.53. The molecule has 0 fully saturated rings. The number of rotatable bonds is 4. The predicted molar refractivity (Wildman–Crippen MR) is 52.9 cm³/mol. The predicted octanol–water partition coefficient (Wildman–Crippen LogP) is 2.40. The van der Waals surface area contributed by atoms with Crippen molar-refractivity contribution in [3.63, 3.8) is 0 Å². The quantitative estimate of drug-likeness (QED) is 0.746. The van der Waals surface area contributed by atoms with Crippen LogP contribution in [0.25, 0.3) is 0 Å². The van der Waals surface area contributed by atoms with Crippen LogP contribution >= 0.6 is 27.7 Å². The molecule has 0 saturated heterocycles. The average Bonchev–Trinajstić information content (AvgIpc) is 2.37. The molecule has 0 saturated carbocycles. The molecule has 0 unspecified atom stereocenters. The molecular weight excluding hydrogens is 224 g/mol. The van der Waals surface area contributed by atoms with Crippen LogP contribution in [0.5, 0.6) is 0 Å². The van der Waals surface area contributed by atoms with Gasteiger partial charge in [0, 0.05) is 18.5 Å². The maximum Gasteiger partial charge on any atom is 0.0632 e. The molecule has 0 amide bonds. The normalized spacial score (nSPS) is 10.4. The Morgan fingerprint density at radius 2 is 2.55 bits per heavy atom. The van der Waals surface area contributed by atoms with Gasteiger partial charge < -0.3 is 0 Å². The number of hydrogen-bond donors (Lipinski definition) is 0. The van der Waals surface area contributed by atoms with Gasteiger partial charge in [-0.15, -0.1) is 0 Å². The Hall–Kier alpha value is 0.0400. The maximum absolute atomic E-state index is 4.14. The Balaban J connectivity index is 2.27. The molecule has 0 aliphatic carbocycles. The fraction of sp³-hybridized carbons (Fsp3) is 0.571. The van der Waals surface area contributed by atoms with Crippen molar-refractivity contribution in [1.29, 1.82) is 0 Å². The second kappa shape index (κ2) is 4.83. The minimum absolute atomic E-state index is 1.00. The maximum atomic E-state index is 4.14. The second-order valence-electron chi connectivity index (χ2n) is 2.12. The van der Waals surface area contributed by atoms with Gasteiger partial charge in [-0.05, 0) is 21.7 Å². The first kappa shape index (κ1) is 9.13. The van der Waals surface area contributed by atoms with E-state index in [1.54, 1.807) is 0 Å². The topological polar surface area (TPSA) is 17.8 Å². The lowest BCUT2D eigenvalue weighted by Crippen LogP contribution is -2.00. The third kappa shape index (κ3) is 3.29. The van der Waals surface area contributed by atoms with Crippen LogP contribution in [0.4, 0.5) is 0 Å². The highest BCUT2D eigenvalue weighted by molar-refractivity contribution is 9.10. The fourth-order valence-electron chi connectivity index (χ4n) is 0.763. The molecule has 1 heterocycles. The molecular formula is C7H11BrN2S. The monoisotopic (exact) mass is 234 g/mol. The first-order valence-electron chi connectivity index (χ1n) is 3.58. The van der Waals surface area contributed by atoms with Gasteiger partial charge in [-0.3, -0.25) is 4.68 Å². The number of hydrogen-bond acceptors (Lipinski definition) is 2. The molecule has 0 aliphatic rings. The van der Waals surface area contributed by atoms with Crippen LogP contribution in [-0.4, -0.2) is 21.3 Å². The number of halogens is 1. The molecule has 4 heteroatoms. The first-order chi connectivity index (χ1) is 5.33. The van der Waals surface area contributed by atoms with Crippen molar-refractivity contribution >= 4 is 27.7 Å². The van der Waals surface area contributed by atoms with E-state index in [0.717, 1.165) is 16.8 Å². The van der Waals surface area contributed by atoms with Crippen molar-refractivity contribution in [3.8, 4) is 0 Å². The van der Waals surface area contributed by atoms with Crippen LogP contribution in [0.3, 0.4) is 0 Å². The average molecular weight is 235 g/mol. The Bertz CT molecular complexity index is 212. The molecule has 0 N–H and O–H groups in total. The molecule has 0 aliphatic heterocycles. The summed E-state index contributed by atoms with van der Waals surface area (Å²) in [7, 11) is 0. The molecule has 0 atom stereocenters. The van der Waals surface area contributed by atoms with Crippen LogP contribution in [0.15, 0.2) is 16.9 Å². The fourth-order valence-corrected chi connectivity index (χ4v) is 1.70. The highest BCUT2D eigenvalue weighted by atomic mass is 79.9. The van der Waals surface area contributed by atoms with E-state index in [4.69, 9.17) is 0 Å². The van der Waals surface area contributed by atoms with Crippen molar-refractivity contribution < 1.29 is 0 Å². The van der Waals surface area contributed by atoms with Gasteiger partial charge in [-0.2, -0.15) is 16.9 Å². The summed E-state index contributed by atoms with van der Waals surface area (Å²) in [4.78, 5) is 0. The van der Waals surface area contributed by atoms with Gasteiger partial charge in [-0.1, -0.05) is 6.92 Å². The molecule has 11 heavy (non-hydrogen) atoms. The Morgan fingerprint density at radius 3 is 3.09 bits per heavy atom. The zero-order valence-electron chi connectivity index (χ0n) is 6.46. The lowest BCUT2D eigenvalue weighted by atomic mass is 10.7. The highest BCUT2D eigenvalue weighted by Gasteiger charge is 1.93. The standard InChI is InChI=1S/C7H11BrN2S/c1-2-11-4-3-10-6-7(8)5-9-10/h5-6H,2-4H2,1H3. The Morgan fingerprint density at radius 1 is 1.73 bits per heavy atom. The molecule has 1 aromatic heterocycles. The summed E-state index contributed by atoms with van der Waals surface area (Å²) in [5, 5.41) is 4.14. The van der Waals surface area contributed by atoms with E-state index in [2.05, 4.69) is 28.0 Å². The van der Waals surface area contributed by atoms with Gasteiger partial charge in [0.25, 0.3) is 0 Å². The van der Waals surface area contributed by atoms with Crippen molar-refractivity contribution in [2.75, 3.05) is 11.5 Å². The zero-order valence-corrected chi connectivity index (χ0v) is 8.86. The van der Waals surface area contributed by atoms with Crippen LogP contribution in [0, 0.1) is 0 Å². The van der Waals surface area contributed by atoms with Crippen molar-refractivity contribution in [2.45, 2.75) is 13.5 Å². The number of nitrogens with zero attached hydrogens (tertiary/aromatic N) is 2. The number of thioether (sulfide) groups is 1. The smallest absolute Gasteiger partial charge is 0.0632 e. The second-order valence-corrected chi connectivity index (χ2v) is 4.43. The van der Waals surface area contributed by atoms with Crippen molar-refractivity contribution in [3.05, 3.63) is 16.9 Å². The van der Waals surface area contributed by atoms with Crippen LogP contribution < -0.4 is 0 Å². The summed E-state index contributed by atoms with van der Waals surface area (Å²) in [6.07, 6.45) is 3.81. The van der Waals surface area contributed by atoms with Crippen LogP contribution in [-0.2, 0) is 6.54 Å². The minimum atomic E-state index is 1.00. The Labute approximate surface area is 79.5 Å². The molecule has 0 spiro atoms. The third-order valence-electron chi connectivity index (χ3n) is 1.27. The van der Waals surface area contributed by atoms with Crippen molar-refractivity contribution in [1.82, 2.24) is 9.78 Å². The van der Waals surface area contributed by atoms with E-state index < -0.39 is 0 Å². The Kier molecular flexibility index (Phi) is 4.01. The summed E-state index contributed by atoms with van der Waals surface area (Å²) < 4.78 is 3.01. The molecule has 1 rings (SSSR count). The summed E-state index contributed by atoms with van der Waals surface area (Å²) in [5.74, 6) is 2.33. The molecule has 1 aromatic rings. The lowest BCUT2D eigenvalue weighted by molar-refractivity contribution is 0.666. The summed E-state index contributed by atoms with van der Waals surface area (Å²) in [5.41, 5.74) is 0. The van der Waals surface area contributed by atoms with Gasteiger partial charge in [-0.25, -0.2) is 0 Å². The van der Waals surface area contributed by atoms with E-state index in [0.29, 0.717) is 0 Å². The van der Waals surface area contributed by atoms with E-state index in [1.807, 2.05) is 28.8 Å². The van der Waals surface area contributed by atoms with E-state index in [-0.39, 0.29) is 0 Å². The van der Waals surface area contributed by atoms with Gasteiger partial charge in [0.1, 0.15) is 0 Å². The van der Waals surface area contributed by atoms with E-state index in [9.17, 15) is 0 Å². The lowest BCUT2D eigenvalue weighted by Gasteiger charge is -1.98. The SMILES string of the molecule is CCSCCn1cc(Br)cn1. The molecule has 62 valence electrons. The van der Waals surface area contributed by atoms with Gasteiger partial charge >= 0.3 is 0 Å². The molecule has 0 bridgehead atoms. The summed E-state index contributed by atoms with van der Waals surface area (Å²) in [6, 6.07) is 0. The minimum Gasteiger partial charge on any atom is -0.271 e. The molecule has 0 aromatic carbocycles. The summed E-state index contributed by atoms with van der Waals surface area (Å²) in [6.45, 7) is 3.17. The highest BCUT2D eigenvalue weighted by Crippen LogP contribution is 2.07. The van der Waals surface area contributed by atoms with Crippen molar-refractivity contribution in [2.24, 2.45) is 0 Å². The van der Waals surface area contributed by atoms with Gasteiger partial charge in [0.15, 0.2) is 0 Å². The number of aromatic nitrogens is 2. The molecule has 0 radical (unpaired) electrons. The van der Waals surface area contributed by atoms with E-state index >= 15 is 0 Å². The van der Waals surface area contributed by atoms with Gasteiger partial charge in [0.2, 0.25) is 0 Å². The summed E-state index contributed by atoms with van der Waals surface area (Å²) >= 11 is 5.29. The largest absolute Gasteiger partial charge is 0.271 e. The van der Waals surface area contributed by atoms with Gasteiger partial charge in [0.05, 0.1) is 10.7 Å². The zero-order chi connectivity index (χ0) is 8.10. The third-order valence-corrected chi connectivity index (χ3v) is 2.56. The number of aryl methyl sites for hydroxylation is 1. The van der Waals surface area contributed by atoms with E-state index in [1.165, 1.54) is 5.75 Å².